The Morgan fingerprint density at radius 3 is 3.06 bits per heavy atom. The van der Waals surface area contributed by atoms with E-state index in [1.54, 1.807) is 4.68 Å². The van der Waals surface area contributed by atoms with Gasteiger partial charge in [0.2, 0.25) is 5.16 Å². The van der Waals surface area contributed by atoms with Gasteiger partial charge in [-0.1, -0.05) is 11.8 Å². The van der Waals surface area contributed by atoms with Gasteiger partial charge in [-0.25, -0.2) is 4.68 Å². The minimum atomic E-state index is -0.849. The van der Waals surface area contributed by atoms with Crippen molar-refractivity contribution < 1.29 is 9.90 Å². The SMILES string of the molecule is CSC1CCC(n2nnnc2SCC(=O)O)C1. The number of carbonyl (C=O) groups is 1. The molecule has 0 amide bonds. The Morgan fingerprint density at radius 2 is 2.41 bits per heavy atom. The zero-order valence-corrected chi connectivity index (χ0v) is 11.1. The Balaban J connectivity index is 2.01. The van der Waals surface area contributed by atoms with Crippen LogP contribution in [-0.2, 0) is 4.79 Å². The van der Waals surface area contributed by atoms with Gasteiger partial charge < -0.3 is 5.11 Å². The molecule has 1 N–H and O–H groups in total. The van der Waals surface area contributed by atoms with E-state index in [1.807, 2.05) is 11.8 Å². The van der Waals surface area contributed by atoms with Crippen molar-refractivity contribution in [3.63, 3.8) is 0 Å². The molecule has 6 nitrogen and oxygen atoms in total. The maximum absolute atomic E-state index is 10.5. The van der Waals surface area contributed by atoms with Crippen molar-refractivity contribution >= 4 is 29.5 Å². The summed E-state index contributed by atoms with van der Waals surface area (Å²) in [6.07, 6.45) is 5.42. The number of nitrogens with zero attached hydrogens (tertiary/aromatic N) is 4. The first-order valence-electron chi connectivity index (χ1n) is 5.36. The van der Waals surface area contributed by atoms with E-state index in [1.165, 1.54) is 18.2 Å². The summed E-state index contributed by atoms with van der Waals surface area (Å²) in [6.45, 7) is 0. The summed E-state index contributed by atoms with van der Waals surface area (Å²) in [7, 11) is 0. The number of tetrazole rings is 1. The molecule has 1 saturated carbocycles. The van der Waals surface area contributed by atoms with Crippen LogP contribution >= 0.6 is 23.5 Å². The van der Waals surface area contributed by atoms with E-state index in [-0.39, 0.29) is 5.75 Å². The highest BCUT2D eigenvalue weighted by Gasteiger charge is 2.28. The molecule has 2 rings (SSSR count). The van der Waals surface area contributed by atoms with Crippen LogP contribution in [0.3, 0.4) is 0 Å². The van der Waals surface area contributed by atoms with E-state index in [9.17, 15) is 4.79 Å². The first kappa shape index (κ1) is 12.7. The van der Waals surface area contributed by atoms with Crippen LogP contribution in [0.4, 0.5) is 0 Å². The molecule has 0 aliphatic heterocycles. The molecular formula is C9H14N4O2S2. The lowest BCUT2D eigenvalue weighted by molar-refractivity contribution is -0.133. The standard InChI is InChI=1S/C9H14N4O2S2/c1-16-7-3-2-6(4-7)13-9(10-11-12-13)17-5-8(14)15/h6-7H,2-5H2,1H3,(H,14,15). The van der Waals surface area contributed by atoms with Gasteiger partial charge in [-0.05, 0) is 35.9 Å². The summed E-state index contributed by atoms with van der Waals surface area (Å²) >= 11 is 3.05. The first-order valence-corrected chi connectivity index (χ1v) is 7.63. The number of aliphatic carboxylic acids is 1. The van der Waals surface area contributed by atoms with Gasteiger partial charge in [0.05, 0.1) is 11.8 Å². The number of hydrogen-bond acceptors (Lipinski definition) is 6. The van der Waals surface area contributed by atoms with Gasteiger partial charge in [0.15, 0.2) is 0 Å². The Hall–Kier alpha value is -0.760. The number of carboxylic acid groups (broad SMARTS) is 1. The molecule has 1 fully saturated rings. The lowest BCUT2D eigenvalue weighted by Crippen LogP contribution is -2.10. The number of rotatable bonds is 5. The van der Waals surface area contributed by atoms with Crippen LogP contribution < -0.4 is 0 Å². The topological polar surface area (TPSA) is 80.9 Å². The summed E-state index contributed by atoms with van der Waals surface area (Å²) in [4.78, 5) is 10.5. The molecule has 1 aliphatic carbocycles. The fraction of sp³-hybridized carbons (Fsp3) is 0.778. The van der Waals surface area contributed by atoms with E-state index in [0.717, 1.165) is 12.8 Å². The third kappa shape index (κ3) is 3.12. The lowest BCUT2D eigenvalue weighted by Gasteiger charge is -2.11. The molecule has 17 heavy (non-hydrogen) atoms. The fourth-order valence-electron chi connectivity index (χ4n) is 1.99. The summed E-state index contributed by atoms with van der Waals surface area (Å²) in [6, 6.07) is 0.318. The van der Waals surface area contributed by atoms with Gasteiger partial charge in [0, 0.05) is 5.25 Å². The Kier molecular flexibility index (Phi) is 4.27. The van der Waals surface area contributed by atoms with Gasteiger partial charge in [0.25, 0.3) is 0 Å². The van der Waals surface area contributed by atoms with Gasteiger partial charge in [-0.2, -0.15) is 11.8 Å². The first-order chi connectivity index (χ1) is 8.20. The second-order valence-electron chi connectivity index (χ2n) is 3.91. The second kappa shape index (κ2) is 5.72. The third-order valence-electron chi connectivity index (χ3n) is 2.82. The van der Waals surface area contributed by atoms with Crippen molar-refractivity contribution in [2.75, 3.05) is 12.0 Å². The van der Waals surface area contributed by atoms with Crippen molar-refractivity contribution in [2.24, 2.45) is 0 Å². The van der Waals surface area contributed by atoms with Crippen LogP contribution in [0, 0.1) is 0 Å². The molecule has 0 spiro atoms. The van der Waals surface area contributed by atoms with Crippen molar-refractivity contribution in [2.45, 2.75) is 35.7 Å². The number of thioether (sulfide) groups is 2. The molecule has 94 valence electrons. The van der Waals surface area contributed by atoms with E-state index in [0.29, 0.717) is 16.4 Å². The monoisotopic (exact) mass is 274 g/mol. The summed E-state index contributed by atoms with van der Waals surface area (Å²) in [5, 5.41) is 21.4. The van der Waals surface area contributed by atoms with Crippen LogP contribution in [0.2, 0.25) is 0 Å². The van der Waals surface area contributed by atoms with E-state index in [4.69, 9.17) is 5.11 Å². The maximum Gasteiger partial charge on any atom is 0.313 e. The van der Waals surface area contributed by atoms with Gasteiger partial charge in [-0.3, -0.25) is 4.79 Å². The van der Waals surface area contributed by atoms with Gasteiger partial charge in [-0.15, -0.1) is 5.10 Å². The largest absolute Gasteiger partial charge is 0.481 e. The van der Waals surface area contributed by atoms with Crippen LogP contribution in [0.1, 0.15) is 25.3 Å². The van der Waals surface area contributed by atoms with Crippen LogP contribution in [0.5, 0.6) is 0 Å². The second-order valence-corrected chi connectivity index (χ2v) is 5.99. The maximum atomic E-state index is 10.5. The zero-order valence-electron chi connectivity index (χ0n) is 9.44. The molecule has 0 radical (unpaired) electrons. The van der Waals surface area contributed by atoms with Crippen LogP contribution in [0.15, 0.2) is 5.16 Å². The fourth-order valence-corrected chi connectivity index (χ4v) is 3.44. The number of aromatic nitrogens is 4. The highest BCUT2D eigenvalue weighted by Crippen LogP contribution is 2.36. The normalized spacial score (nSPS) is 24.1. The molecule has 1 heterocycles. The highest BCUT2D eigenvalue weighted by molar-refractivity contribution is 7.99. The third-order valence-corrected chi connectivity index (χ3v) is 4.84. The van der Waals surface area contributed by atoms with Crippen LogP contribution in [0.25, 0.3) is 0 Å². The lowest BCUT2D eigenvalue weighted by atomic mass is 10.3. The molecule has 0 bridgehead atoms. The molecule has 2 unspecified atom stereocenters. The van der Waals surface area contributed by atoms with E-state index in [2.05, 4.69) is 21.8 Å². The number of hydrogen-bond donors (Lipinski definition) is 1. The van der Waals surface area contributed by atoms with Crippen molar-refractivity contribution in [3.05, 3.63) is 0 Å². The minimum absolute atomic E-state index is 0.000943. The smallest absolute Gasteiger partial charge is 0.313 e. The zero-order chi connectivity index (χ0) is 12.3. The van der Waals surface area contributed by atoms with Crippen LogP contribution in [-0.4, -0.2) is 48.5 Å². The predicted octanol–water partition coefficient (Wildman–Crippen LogP) is 1.31. The predicted molar refractivity (Wildman–Crippen MR) is 66.4 cm³/mol. The summed E-state index contributed by atoms with van der Waals surface area (Å²) < 4.78 is 1.78. The van der Waals surface area contributed by atoms with Crippen molar-refractivity contribution in [1.29, 1.82) is 0 Å². The molecule has 8 heteroatoms. The quantitative estimate of drug-likeness (QED) is 0.811. The molecule has 0 aromatic carbocycles. The average Bonchev–Trinajstić information content (AvgIpc) is 2.94. The van der Waals surface area contributed by atoms with Crippen molar-refractivity contribution in [3.8, 4) is 0 Å². The van der Waals surface area contributed by atoms with Crippen molar-refractivity contribution in [1.82, 2.24) is 20.2 Å². The molecule has 1 aromatic rings. The molecule has 1 aliphatic rings. The van der Waals surface area contributed by atoms with E-state index < -0.39 is 5.97 Å². The minimum Gasteiger partial charge on any atom is -0.481 e. The Labute approximate surface area is 108 Å². The highest BCUT2D eigenvalue weighted by atomic mass is 32.2. The molecule has 1 aromatic heterocycles. The molecule has 0 saturated heterocycles. The molecular weight excluding hydrogens is 260 g/mol. The summed E-state index contributed by atoms with van der Waals surface area (Å²) in [5.74, 6) is -0.850. The molecule has 2 atom stereocenters. The Morgan fingerprint density at radius 1 is 1.59 bits per heavy atom. The average molecular weight is 274 g/mol. The van der Waals surface area contributed by atoms with E-state index >= 15 is 0 Å². The number of carboxylic acids is 1. The summed E-state index contributed by atoms with van der Waals surface area (Å²) in [5.41, 5.74) is 0. The Bertz CT molecular complexity index is 398. The van der Waals surface area contributed by atoms with Gasteiger partial charge in [0.1, 0.15) is 0 Å². The van der Waals surface area contributed by atoms with Gasteiger partial charge >= 0.3 is 5.97 Å².